The maximum atomic E-state index is 13.2. The zero-order chi connectivity index (χ0) is 21.6. The van der Waals surface area contributed by atoms with Gasteiger partial charge in [-0.05, 0) is 42.5 Å². The average molecular weight is 407 g/mol. The van der Waals surface area contributed by atoms with Crippen LogP contribution in [0.2, 0.25) is 0 Å². The van der Waals surface area contributed by atoms with Crippen LogP contribution in [0.4, 0.5) is 11.4 Å². The minimum Gasteiger partial charge on any atom is -0.374 e. The minimum absolute atomic E-state index is 0.0210. The van der Waals surface area contributed by atoms with Crippen molar-refractivity contribution in [1.82, 2.24) is 14.5 Å². The number of hydrogen-bond acceptors (Lipinski definition) is 5. The summed E-state index contributed by atoms with van der Waals surface area (Å²) in [6.07, 6.45) is 2.13. The molecule has 0 aliphatic carbocycles. The molecule has 0 radical (unpaired) electrons. The molecule has 2 N–H and O–H groups in total. The smallest absolute Gasteiger partial charge is 0.329 e. The molecule has 0 spiro atoms. The first-order valence-corrected chi connectivity index (χ1v) is 10.1. The quantitative estimate of drug-likeness (QED) is 0.694. The molecule has 1 aliphatic heterocycles. The Morgan fingerprint density at radius 1 is 1.20 bits per heavy atom. The number of carbonyl (C=O) groups is 1. The predicted molar refractivity (Wildman–Crippen MR) is 118 cm³/mol. The fourth-order valence-corrected chi connectivity index (χ4v) is 3.87. The van der Waals surface area contributed by atoms with Gasteiger partial charge in [-0.3, -0.25) is 19.1 Å². The number of anilines is 2. The number of aryl methyl sites for hydroxylation is 2. The number of hydrogen-bond donors (Lipinski definition) is 2. The van der Waals surface area contributed by atoms with Crippen LogP contribution in [0.25, 0.3) is 11.0 Å². The molecule has 30 heavy (non-hydrogen) atoms. The van der Waals surface area contributed by atoms with Gasteiger partial charge in [-0.2, -0.15) is 0 Å². The van der Waals surface area contributed by atoms with Gasteiger partial charge in [0.05, 0.1) is 10.9 Å². The molecule has 1 aromatic carbocycles. The zero-order valence-corrected chi connectivity index (χ0v) is 17.6. The Hall–Kier alpha value is -3.42. The lowest BCUT2D eigenvalue weighted by Gasteiger charge is -2.28. The van der Waals surface area contributed by atoms with Gasteiger partial charge in [0.15, 0.2) is 0 Å². The summed E-state index contributed by atoms with van der Waals surface area (Å²) in [7, 11) is 3.56. The molecule has 0 saturated carbocycles. The van der Waals surface area contributed by atoms with Crippen molar-refractivity contribution in [2.75, 3.05) is 23.8 Å². The van der Waals surface area contributed by atoms with E-state index in [1.54, 1.807) is 6.07 Å². The summed E-state index contributed by atoms with van der Waals surface area (Å²) in [6, 6.07) is 7.50. The average Bonchev–Trinajstić information content (AvgIpc) is 2.71. The Morgan fingerprint density at radius 3 is 2.70 bits per heavy atom. The number of rotatable bonds is 3. The number of pyridine rings is 1. The zero-order valence-electron chi connectivity index (χ0n) is 17.6. The van der Waals surface area contributed by atoms with E-state index in [0.717, 1.165) is 25.1 Å². The second-order valence-electron chi connectivity index (χ2n) is 8.09. The third-order valence-electron chi connectivity index (χ3n) is 5.62. The maximum Gasteiger partial charge on any atom is 0.329 e. The number of aromatic nitrogens is 3. The number of benzene rings is 1. The van der Waals surface area contributed by atoms with Crippen molar-refractivity contribution in [2.24, 2.45) is 7.05 Å². The van der Waals surface area contributed by atoms with E-state index in [1.807, 2.05) is 39.1 Å². The van der Waals surface area contributed by atoms with Crippen molar-refractivity contribution >= 4 is 28.3 Å². The molecule has 0 saturated heterocycles. The van der Waals surface area contributed by atoms with Gasteiger partial charge in [-0.25, -0.2) is 9.78 Å². The Labute approximate surface area is 173 Å². The summed E-state index contributed by atoms with van der Waals surface area (Å²) in [5.74, 6) is -0.389. The second kappa shape index (κ2) is 7.44. The lowest BCUT2D eigenvalue weighted by atomic mass is 10.0. The van der Waals surface area contributed by atoms with Gasteiger partial charge in [0.2, 0.25) is 0 Å². The number of amides is 1. The number of carbonyl (C=O) groups excluding carboxylic acids is 1. The predicted octanol–water partition coefficient (Wildman–Crippen LogP) is 2.38. The first kappa shape index (κ1) is 19.9. The molecule has 0 unspecified atom stereocenters. The Bertz CT molecular complexity index is 1270. The highest BCUT2D eigenvalue weighted by Gasteiger charge is 2.21. The number of nitrogens with zero attached hydrogens (tertiary/aromatic N) is 3. The van der Waals surface area contributed by atoms with Crippen LogP contribution in [0, 0.1) is 0 Å². The van der Waals surface area contributed by atoms with E-state index >= 15 is 0 Å². The van der Waals surface area contributed by atoms with Gasteiger partial charge in [0.1, 0.15) is 5.65 Å². The molecule has 4 rings (SSSR count). The molecular weight excluding hydrogens is 382 g/mol. The van der Waals surface area contributed by atoms with E-state index in [2.05, 4.69) is 20.2 Å². The van der Waals surface area contributed by atoms with Crippen LogP contribution in [0.1, 0.15) is 47.8 Å². The highest BCUT2D eigenvalue weighted by molar-refractivity contribution is 6.12. The first-order valence-electron chi connectivity index (χ1n) is 10.1. The molecule has 3 heterocycles. The van der Waals surface area contributed by atoms with E-state index in [9.17, 15) is 14.4 Å². The third kappa shape index (κ3) is 3.38. The van der Waals surface area contributed by atoms with Gasteiger partial charge in [0, 0.05) is 37.7 Å². The fraction of sp³-hybridized carbons (Fsp3) is 0.364. The van der Waals surface area contributed by atoms with Crippen molar-refractivity contribution in [3.8, 4) is 0 Å². The molecule has 3 aromatic rings. The van der Waals surface area contributed by atoms with Crippen molar-refractivity contribution in [1.29, 1.82) is 0 Å². The number of H-pyrrole nitrogens is 1. The minimum atomic E-state index is -0.619. The van der Waals surface area contributed by atoms with Gasteiger partial charge >= 0.3 is 5.69 Å². The summed E-state index contributed by atoms with van der Waals surface area (Å²) < 4.78 is 1.26. The van der Waals surface area contributed by atoms with E-state index in [1.165, 1.54) is 17.2 Å². The van der Waals surface area contributed by atoms with Crippen LogP contribution in [0.5, 0.6) is 0 Å². The van der Waals surface area contributed by atoms with Crippen LogP contribution < -0.4 is 21.5 Å². The van der Waals surface area contributed by atoms with Crippen molar-refractivity contribution in [2.45, 2.75) is 32.6 Å². The first-order chi connectivity index (χ1) is 14.3. The van der Waals surface area contributed by atoms with Gasteiger partial charge in [-0.15, -0.1) is 0 Å². The monoisotopic (exact) mass is 407 g/mol. The standard InChI is InChI=1S/C22H25N5O3/c1-12(2)16-11-15(18-19(24-16)27(4)22(30)25-21(18)29)20(28)23-14-8-7-13-6-5-9-26(3)17(13)10-14/h7-8,10-12H,5-6,9H2,1-4H3,(H,23,28)(H,25,29,30). The second-order valence-corrected chi connectivity index (χ2v) is 8.09. The summed E-state index contributed by atoms with van der Waals surface area (Å²) in [5, 5.41) is 3.02. The lowest BCUT2D eigenvalue weighted by molar-refractivity contribution is 0.102. The molecule has 1 aliphatic rings. The van der Waals surface area contributed by atoms with Crippen LogP contribution >= 0.6 is 0 Å². The third-order valence-corrected chi connectivity index (χ3v) is 5.62. The number of aromatic amines is 1. The van der Waals surface area contributed by atoms with Crippen molar-refractivity contribution in [3.05, 3.63) is 61.9 Å². The molecule has 8 heteroatoms. The molecule has 0 bridgehead atoms. The summed E-state index contributed by atoms with van der Waals surface area (Å²) in [5.41, 5.74) is 2.86. The molecule has 0 atom stereocenters. The van der Waals surface area contributed by atoms with Crippen molar-refractivity contribution in [3.63, 3.8) is 0 Å². The van der Waals surface area contributed by atoms with E-state index in [0.29, 0.717) is 11.4 Å². The van der Waals surface area contributed by atoms with Crippen LogP contribution in [-0.4, -0.2) is 34.0 Å². The Balaban J connectivity index is 1.82. The molecule has 156 valence electrons. The van der Waals surface area contributed by atoms with Gasteiger partial charge < -0.3 is 10.2 Å². The van der Waals surface area contributed by atoms with E-state index in [4.69, 9.17) is 0 Å². The number of fused-ring (bicyclic) bond motifs is 2. The molecular formula is C22H25N5O3. The normalized spacial score (nSPS) is 13.6. The Morgan fingerprint density at radius 2 is 1.97 bits per heavy atom. The molecule has 8 nitrogen and oxygen atoms in total. The molecule has 0 fully saturated rings. The number of nitrogens with one attached hydrogen (secondary N) is 2. The van der Waals surface area contributed by atoms with Gasteiger partial charge in [-0.1, -0.05) is 19.9 Å². The van der Waals surface area contributed by atoms with E-state index < -0.39 is 17.2 Å². The van der Waals surface area contributed by atoms with Crippen LogP contribution in [0.3, 0.4) is 0 Å². The SMILES string of the molecule is CC(C)c1cc(C(=O)Nc2ccc3c(c2)N(C)CCC3)c2c(=O)[nH]c(=O)n(C)c2n1. The van der Waals surface area contributed by atoms with Crippen LogP contribution in [-0.2, 0) is 13.5 Å². The highest BCUT2D eigenvalue weighted by Crippen LogP contribution is 2.29. The molecule has 2 aromatic heterocycles. The van der Waals surface area contributed by atoms with Gasteiger partial charge in [0.25, 0.3) is 11.5 Å². The van der Waals surface area contributed by atoms with E-state index in [-0.39, 0.29) is 22.5 Å². The van der Waals surface area contributed by atoms with Crippen LogP contribution in [0.15, 0.2) is 33.9 Å². The Kier molecular flexibility index (Phi) is 4.93. The topological polar surface area (TPSA) is 100 Å². The fourth-order valence-electron chi connectivity index (χ4n) is 3.87. The summed E-state index contributed by atoms with van der Waals surface area (Å²) in [6.45, 7) is 4.86. The highest BCUT2D eigenvalue weighted by atomic mass is 16.2. The van der Waals surface area contributed by atoms with Crippen molar-refractivity contribution < 1.29 is 4.79 Å². The maximum absolute atomic E-state index is 13.2. The lowest BCUT2D eigenvalue weighted by Crippen LogP contribution is -2.31. The summed E-state index contributed by atoms with van der Waals surface area (Å²) in [4.78, 5) is 46.7. The summed E-state index contributed by atoms with van der Waals surface area (Å²) >= 11 is 0. The molecule has 1 amide bonds. The largest absolute Gasteiger partial charge is 0.374 e.